The highest BCUT2D eigenvalue weighted by atomic mass is 32.1. The summed E-state index contributed by atoms with van der Waals surface area (Å²) in [6.45, 7) is 0. The van der Waals surface area contributed by atoms with E-state index in [0.717, 1.165) is 16.9 Å². The summed E-state index contributed by atoms with van der Waals surface area (Å²) in [5.74, 6) is 0.793. The fraction of sp³-hybridized carbons (Fsp3) is 0. The molecule has 0 unspecified atom stereocenters. The minimum absolute atomic E-state index is 0.300. The van der Waals surface area contributed by atoms with Crippen LogP contribution in [-0.4, -0.2) is 19.4 Å². The van der Waals surface area contributed by atoms with Crippen LogP contribution in [0.5, 0.6) is 0 Å². The van der Waals surface area contributed by atoms with Crippen molar-refractivity contribution in [3.8, 4) is 11.4 Å². The van der Waals surface area contributed by atoms with Crippen molar-refractivity contribution in [3.63, 3.8) is 0 Å². The summed E-state index contributed by atoms with van der Waals surface area (Å²) in [6, 6.07) is 9.66. The first-order valence-electron chi connectivity index (χ1n) is 5.44. The number of thiocarbonyl (C=S) groups is 1. The van der Waals surface area contributed by atoms with E-state index in [-0.39, 0.29) is 0 Å². The molecular weight excluding hydrogens is 244 g/mol. The molecular formula is C13H10N4S. The molecule has 0 radical (unpaired) electrons. The molecule has 4 nitrogen and oxygen atoms in total. The maximum atomic E-state index is 5.71. The number of nitrogens with zero attached hydrogens (tertiary/aromatic N) is 3. The lowest BCUT2D eigenvalue weighted by Gasteiger charge is -1.99. The van der Waals surface area contributed by atoms with Gasteiger partial charge in [-0.1, -0.05) is 18.3 Å². The van der Waals surface area contributed by atoms with E-state index >= 15 is 0 Å². The lowest BCUT2D eigenvalue weighted by Crippen LogP contribution is -2.10. The molecule has 5 heteroatoms. The first kappa shape index (κ1) is 10.9. The second kappa shape index (κ2) is 4.19. The lowest BCUT2D eigenvalue weighted by atomic mass is 10.3. The molecule has 0 aromatic carbocycles. The van der Waals surface area contributed by atoms with Crippen LogP contribution in [0.2, 0.25) is 0 Å². The fourth-order valence-corrected chi connectivity index (χ4v) is 2.07. The molecule has 0 aliphatic carbocycles. The molecule has 88 valence electrons. The van der Waals surface area contributed by atoms with Crippen molar-refractivity contribution in [1.29, 1.82) is 0 Å². The highest BCUT2D eigenvalue weighted by Gasteiger charge is 2.13. The minimum Gasteiger partial charge on any atom is -0.388 e. The quantitative estimate of drug-likeness (QED) is 0.711. The Morgan fingerprint density at radius 2 is 2.11 bits per heavy atom. The van der Waals surface area contributed by atoms with Gasteiger partial charge in [-0.25, -0.2) is 4.98 Å². The number of imidazole rings is 1. The number of hydrogen-bond acceptors (Lipinski definition) is 3. The SMILES string of the molecule is NC(=S)c1nc(-c2cccnc2)n2ccccc12. The van der Waals surface area contributed by atoms with Gasteiger partial charge in [-0.2, -0.15) is 0 Å². The van der Waals surface area contributed by atoms with Crippen LogP contribution in [0.25, 0.3) is 16.9 Å². The zero-order valence-electron chi connectivity index (χ0n) is 9.45. The predicted octanol–water partition coefficient (Wildman–Crippen LogP) is 2.03. The van der Waals surface area contributed by atoms with Crippen molar-refractivity contribution in [2.45, 2.75) is 0 Å². The predicted molar refractivity (Wildman–Crippen MR) is 74.3 cm³/mol. The van der Waals surface area contributed by atoms with Gasteiger partial charge in [0, 0.05) is 24.2 Å². The number of rotatable bonds is 2. The highest BCUT2D eigenvalue weighted by molar-refractivity contribution is 7.80. The third-order valence-electron chi connectivity index (χ3n) is 2.70. The molecule has 0 amide bonds. The smallest absolute Gasteiger partial charge is 0.146 e. The zero-order chi connectivity index (χ0) is 12.5. The largest absolute Gasteiger partial charge is 0.388 e. The summed E-state index contributed by atoms with van der Waals surface area (Å²) in [7, 11) is 0. The highest BCUT2D eigenvalue weighted by Crippen LogP contribution is 2.21. The van der Waals surface area contributed by atoms with E-state index < -0.39 is 0 Å². The van der Waals surface area contributed by atoms with Gasteiger partial charge < -0.3 is 5.73 Å². The molecule has 0 bridgehead atoms. The molecule has 0 saturated heterocycles. The van der Waals surface area contributed by atoms with Gasteiger partial charge in [-0.05, 0) is 24.3 Å². The van der Waals surface area contributed by atoms with Gasteiger partial charge in [0.2, 0.25) is 0 Å². The Morgan fingerprint density at radius 1 is 1.22 bits per heavy atom. The van der Waals surface area contributed by atoms with Crippen molar-refractivity contribution < 1.29 is 0 Å². The van der Waals surface area contributed by atoms with Crippen molar-refractivity contribution in [3.05, 3.63) is 54.6 Å². The number of hydrogen-bond donors (Lipinski definition) is 1. The van der Waals surface area contributed by atoms with Gasteiger partial charge in [-0.15, -0.1) is 0 Å². The van der Waals surface area contributed by atoms with Crippen LogP contribution >= 0.6 is 12.2 Å². The number of pyridine rings is 2. The van der Waals surface area contributed by atoms with Crippen molar-refractivity contribution >= 4 is 22.7 Å². The molecule has 3 heterocycles. The van der Waals surface area contributed by atoms with Crippen LogP contribution in [0.4, 0.5) is 0 Å². The zero-order valence-corrected chi connectivity index (χ0v) is 10.3. The fourth-order valence-electron chi connectivity index (χ4n) is 1.92. The molecule has 3 aromatic heterocycles. The Bertz CT molecular complexity index is 718. The van der Waals surface area contributed by atoms with Crippen molar-refractivity contribution in [2.75, 3.05) is 0 Å². The van der Waals surface area contributed by atoms with Gasteiger partial charge in [0.15, 0.2) is 0 Å². The standard InChI is InChI=1S/C13H10N4S/c14-12(18)11-10-5-1-2-7-17(10)13(16-11)9-4-3-6-15-8-9/h1-8H,(H2,14,18). The minimum atomic E-state index is 0.300. The Kier molecular flexibility index (Phi) is 2.53. The van der Waals surface area contributed by atoms with Crippen LogP contribution in [0.15, 0.2) is 48.9 Å². The molecule has 0 fully saturated rings. The van der Waals surface area contributed by atoms with Crippen LogP contribution in [0.1, 0.15) is 5.69 Å². The van der Waals surface area contributed by atoms with Gasteiger partial charge in [-0.3, -0.25) is 9.38 Å². The Labute approximate surface area is 109 Å². The van der Waals surface area contributed by atoms with E-state index in [1.54, 1.807) is 12.4 Å². The van der Waals surface area contributed by atoms with Gasteiger partial charge in [0.1, 0.15) is 16.5 Å². The lowest BCUT2D eigenvalue weighted by molar-refractivity contribution is 1.15. The van der Waals surface area contributed by atoms with E-state index in [4.69, 9.17) is 18.0 Å². The van der Waals surface area contributed by atoms with Gasteiger partial charge in [0.05, 0.1) is 5.52 Å². The maximum Gasteiger partial charge on any atom is 0.146 e. The molecule has 3 rings (SSSR count). The number of aromatic nitrogens is 3. The van der Waals surface area contributed by atoms with E-state index in [1.807, 2.05) is 40.9 Å². The average Bonchev–Trinajstić information content (AvgIpc) is 2.79. The summed E-state index contributed by atoms with van der Waals surface area (Å²) >= 11 is 5.04. The van der Waals surface area contributed by atoms with E-state index in [1.165, 1.54) is 0 Å². The second-order valence-electron chi connectivity index (χ2n) is 3.85. The molecule has 0 saturated carbocycles. The average molecular weight is 254 g/mol. The van der Waals surface area contributed by atoms with Crippen LogP contribution in [-0.2, 0) is 0 Å². The first-order chi connectivity index (χ1) is 8.77. The summed E-state index contributed by atoms with van der Waals surface area (Å²) in [6.07, 6.45) is 5.44. The van der Waals surface area contributed by atoms with Crippen LogP contribution < -0.4 is 5.73 Å². The van der Waals surface area contributed by atoms with E-state index in [9.17, 15) is 0 Å². The van der Waals surface area contributed by atoms with E-state index in [0.29, 0.717) is 10.7 Å². The Hall–Kier alpha value is -2.27. The summed E-state index contributed by atoms with van der Waals surface area (Å²) < 4.78 is 1.96. The van der Waals surface area contributed by atoms with Crippen LogP contribution in [0.3, 0.4) is 0 Å². The molecule has 0 atom stereocenters. The molecule has 0 aliphatic heterocycles. The first-order valence-corrected chi connectivity index (χ1v) is 5.85. The Morgan fingerprint density at radius 3 is 2.83 bits per heavy atom. The van der Waals surface area contributed by atoms with Gasteiger partial charge >= 0.3 is 0 Å². The summed E-state index contributed by atoms with van der Waals surface area (Å²) in [5.41, 5.74) is 8.19. The third-order valence-corrected chi connectivity index (χ3v) is 2.89. The molecule has 0 aliphatic rings. The third kappa shape index (κ3) is 1.65. The molecule has 18 heavy (non-hydrogen) atoms. The molecule has 2 N–H and O–H groups in total. The summed E-state index contributed by atoms with van der Waals surface area (Å²) in [4.78, 5) is 8.92. The molecule has 3 aromatic rings. The van der Waals surface area contributed by atoms with Crippen molar-refractivity contribution in [1.82, 2.24) is 14.4 Å². The molecule has 0 spiro atoms. The maximum absolute atomic E-state index is 5.71. The monoisotopic (exact) mass is 254 g/mol. The number of nitrogens with two attached hydrogens (primary N) is 1. The summed E-state index contributed by atoms with van der Waals surface area (Å²) in [5, 5.41) is 0. The van der Waals surface area contributed by atoms with Crippen LogP contribution in [0, 0.1) is 0 Å². The van der Waals surface area contributed by atoms with Gasteiger partial charge in [0.25, 0.3) is 0 Å². The van der Waals surface area contributed by atoms with E-state index in [2.05, 4.69) is 9.97 Å². The van der Waals surface area contributed by atoms with Crippen molar-refractivity contribution in [2.24, 2.45) is 5.73 Å². The normalized spacial score (nSPS) is 10.7. The Balaban J connectivity index is 2.34. The second-order valence-corrected chi connectivity index (χ2v) is 4.29. The topological polar surface area (TPSA) is 56.2 Å². The number of fused-ring (bicyclic) bond motifs is 1.